The van der Waals surface area contributed by atoms with E-state index in [1.807, 2.05) is 18.2 Å². The minimum atomic E-state index is 0.546. The van der Waals surface area contributed by atoms with Crippen LogP contribution >= 0.6 is 0 Å². The van der Waals surface area contributed by atoms with E-state index in [4.69, 9.17) is 9.47 Å². The molecule has 3 heterocycles. The van der Waals surface area contributed by atoms with Crippen LogP contribution in [0.5, 0.6) is 11.5 Å². The van der Waals surface area contributed by atoms with Gasteiger partial charge in [-0.25, -0.2) is 15.0 Å². The Morgan fingerprint density at radius 3 is 3.05 bits per heavy atom. The molecule has 0 amide bonds. The number of hydrogen-bond donors (Lipinski definition) is 1. The van der Waals surface area contributed by atoms with Crippen molar-refractivity contribution in [1.82, 2.24) is 19.9 Å². The molecule has 0 spiro atoms. The molecule has 0 bridgehead atoms. The van der Waals surface area contributed by atoms with Crippen LogP contribution in [0, 0.1) is 0 Å². The van der Waals surface area contributed by atoms with E-state index in [-0.39, 0.29) is 0 Å². The summed E-state index contributed by atoms with van der Waals surface area (Å²) in [5.41, 5.74) is 2.31. The summed E-state index contributed by atoms with van der Waals surface area (Å²) >= 11 is 0. The Morgan fingerprint density at radius 2 is 2.11 bits per heavy atom. The number of aromatic nitrogens is 4. The highest BCUT2D eigenvalue weighted by Crippen LogP contribution is 2.38. The molecule has 2 aromatic heterocycles. The van der Waals surface area contributed by atoms with Gasteiger partial charge in [-0.05, 0) is 12.1 Å². The molecule has 6 nitrogen and oxygen atoms in total. The Balaban J connectivity index is 1.92. The van der Waals surface area contributed by atoms with E-state index in [2.05, 4.69) is 19.9 Å². The molecule has 0 unspecified atom stereocenters. The number of nitrogens with one attached hydrogen (secondary N) is 1. The van der Waals surface area contributed by atoms with E-state index in [1.165, 1.54) is 6.33 Å². The first-order valence-corrected chi connectivity index (χ1v) is 5.96. The van der Waals surface area contributed by atoms with E-state index >= 15 is 0 Å². The average molecular weight is 254 g/mol. The summed E-state index contributed by atoms with van der Waals surface area (Å²) in [7, 11) is 0. The molecule has 0 fully saturated rings. The minimum absolute atomic E-state index is 0.546. The maximum atomic E-state index is 5.68. The van der Waals surface area contributed by atoms with Crippen LogP contribution in [-0.2, 0) is 0 Å². The van der Waals surface area contributed by atoms with Crippen LogP contribution in [0.25, 0.3) is 22.6 Å². The van der Waals surface area contributed by atoms with Gasteiger partial charge in [-0.1, -0.05) is 6.07 Å². The first-order valence-electron chi connectivity index (χ1n) is 5.96. The third-order valence-electron chi connectivity index (χ3n) is 2.98. The molecule has 0 atom stereocenters. The van der Waals surface area contributed by atoms with Gasteiger partial charge in [-0.2, -0.15) is 0 Å². The van der Waals surface area contributed by atoms with Gasteiger partial charge in [0.25, 0.3) is 0 Å². The Labute approximate surface area is 108 Å². The van der Waals surface area contributed by atoms with Gasteiger partial charge in [-0.3, -0.25) is 0 Å². The van der Waals surface area contributed by atoms with Gasteiger partial charge in [0.15, 0.2) is 17.1 Å². The number of aromatic amines is 1. The van der Waals surface area contributed by atoms with Crippen LogP contribution < -0.4 is 9.47 Å². The molecule has 0 saturated heterocycles. The monoisotopic (exact) mass is 254 g/mol. The highest BCUT2D eigenvalue weighted by Gasteiger charge is 2.18. The maximum Gasteiger partial charge on any atom is 0.181 e. The fourth-order valence-electron chi connectivity index (χ4n) is 2.15. The van der Waals surface area contributed by atoms with Gasteiger partial charge in [0.2, 0.25) is 0 Å². The number of rotatable bonds is 1. The molecule has 0 radical (unpaired) electrons. The Bertz CT molecular complexity index is 720. The molecule has 1 aliphatic heterocycles. The van der Waals surface area contributed by atoms with Crippen molar-refractivity contribution in [3.63, 3.8) is 0 Å². The number of H-pyrrole nitrogens is 1. The van der Waals surface area contributed by atoms with Crippen LogP contribution in [0.1, 0.15) is 0 Å². The summed E-state index contributed by atoms with van der Waals surface area (Å²) in [6.07, 6.45) is 3.18. The molecule has 1 aliphatic rings. The zero-order chi connectivity index (χ0) is 12.7. The van der Waals surface area contributed by atoms with Gasteiger partial charge in [0.05, 0.1) is 11.8 Å². The van der Waals surface area contributed by atoms with Gasteiger partial charge in [0, 0.05) is 0 Å². The van der Waals surface area contributed by atoms with Crippen molar-refractivity contribution in [1.29, 1.82) is 0 Å². The van der Waals surface area contributed by atoms with Crippen LogP contribution in [0.4, 0.5) is 0 Å². The number of fused-ring (bicyclic) bond motifs is 2. The second kappa shape index (κ2) is 3.94. The highest BCUT2D eigenvalue weighted by atomic mass is 16.6. The molecule has 4 rings (SSSR count). The number of nitrogens with zero attached hydrogens (tertiary/aromatic N) is 3. The van der Waals surface area contributed by atoms with Crippen molar-refractivity contribution in [3.8, 4) is 22.9 Å². The highest BCUT2D eigenvalue weighted by molar-refractivity contribution is 5.78. The van der Waals surface area contributed by atoms with E-state index in [0.717, 1.165) is 22.6 Å². The van der Waals surface area contributed by atoms with Gasteiger partial charge in [0.1, 0.15) is 30.9 Å². The predicted octanol–water partition coefficient (Wildman–Crippen LogP) is 1.79. The standard InChI is InChI=1S/C13H10N4O2/c1-2-8(11-10(3-1)18-4-5-19-11)12-16-9-6-14-7-15-13(9)17-12/h1-3,6-7H,4-5H2,(H,14,15,16,17). The fourth-order valence-corrected chi connectivity index (χ4v) is 2.15. The second-order valence-corrected chi connectivity index (χ2v) is 4.18. The molecule has 94 valence electrons. The summed E-state index contributed by atoms with van der Waals surface area (Å²) < 4.78 is 11.2. The number of hydrogen-bond acceptors (Lipinski definition) is 5. The van der Waals surface area contributed by atoms with Crippen molar-refractivity contribution < 1.29 is 9.47 Å². The normalized spacial score (nSPS) is 13.7. The van der Waals surface area contributed by atoms with Gasteiger partial charge >= 0.3 is 0 Å². The van der Waals surface area contributed by atoms with Crippen molar-refractivity contribution in [3.05, 3.63) is 30.7 Å². The van der Waals surface area contributed by atoms with Crippen LogP contribution in [0.2, 0.25) is 0 Å². The smallest absolute Gasteiger partial charge is 0.181 e. The van der Waals surface area contributed by atoms with Gasteiger partial charge in [-0.15, -0.1) is 0 Å². The van der Waals surface area contributed by atoms with E-state index in [1.54, 1.807) is 6.20 Å². The lowest BCUT2D eigenvalue weighted by atomic mass is 10.1. The number of ether oxygens (including phenoxy) is 2. The first kappa shape index (κ1) is 10.3. The number of para-hydroxylation sites is 1. The first-order chi connectivity index (χ1) is 9.42. The lowest BCUT2D eigenvalue weighted by Gasteiger charge is -2.20. The van der Waals surface area contributed by atoms with Crippen molar-refractivity contribution in [2.24, 2.45) is 0 Å². The molecular weight excluding hydrogens is 244 g/mol. The van der Waals surface area contributed by atoms with Crippen molar-refractivity contribution in [2.45, 2.75) is 0 Å². The van der Waals surface area contributed by atoms with Crippen LogP contribution in [-0.4, -0.2) is 33.1 Å². The molecule has 3 aromatic rings. The summed E-state index contributed by atoms with van der Waals surface area (Å²) in [4.78, 5) is 15.7. The molecule has 6 heteroatoms. The fraction of sp³-hybridized carbons (Fsp3) is 0.154. The topological polar surface area (TPSA) is 72.9 Å². The summed E-state index contributed by atoms with van der Waals surface area (Å²) in [6, 6.07) is 5.75. The lowest BCUT2D eigenvalue weighted by molar-refractivity contribution is 0.172. The molecular formula is C13H10N4O2. The van der Waals surface area contributed by atoms with Gasteiger partial charge < -0.3 is 14.5 Å². The minimum Gasteiger partial charge on any atom is -0.486 e. The number of benzene rings is 1. The Morgan fingerprint density at radius 1 is 1.16 bits per heavy atom. The van der Waals surface area contributed by atoms with E-state index in [0.29, 0.717) is 24.7 Å². The van der Waals surface area contributed by atoms with E-state index in [9.17, 15) is 0 Å². The van der Waals surface area contributed by atoms with Crippen LogP contribution in [0.3, 0.4) is 0 Å². The third kappa shape index (κ3) is 1.61. The SMILES string of the molecule is c1cc2c(c(-c3nc4ncncc4[nH]3)c1)OCCO2. The molecule has 1 aromatic carbocycles. The molecule has 1 N–H and O–H groups in total. The molecule has 0 saturated carbocycles. The lowest BCUT2D eigenvalue weighted by Crippen LogP contribution is -2.15. The zero-order valence-electron chi connectivity index (χ0n) is 9.96. The predicted molar refractivity (Wildman–Crippen MR) is 68.1 cm³/mol. The summed E-state index contributed by atoms with van der Waals surface area (Å²) in [6.45, 7) is 1.12. The third-order valence-corrected chi connectivity index (χ3v) is 2.98. The van der Waals surface area contributed by atoms with E-state index < -0.39 is 0 Å². The molecule has 19 heavy (non-hydrogen) atoms. The molecule has 0 aliphatic carbocycles. The maximum absolute atomic E-state index is 5.68. The Kier molecular flexibility index (Phi) is 2.14. The van der Waals surface area contributed by atoms with Crippen molar-refractivity contribution >= 4 is 11.2 Å². The number of imidazole rings is 1. The van der Waals surface area contributed by atoms with Crippen LogP contribution in [0.15, 0.2) is 30.7 Å². The Hall–Kier alpha value is -2.63. The largest absolute Gasteiger partial charge is 0.486 e. The quantitative estimate of drug-likeness (QED) is 0.716. The summed E-state index contributed by atoms with van der Waals surface area (Å²) in [5.74, 6) is 2.17. The summed E-state index contributed by atoms with van der Waals surface area (Å²) in [5, 5.41) is 0. The van der Waals surface area contributed by atoms with Crippen molar-refractivity contribution in [2.75, 3.05) is 13.2 Å². The zero-order valence-corrected chi connectivity index (χ0v) is 9.96. The second-order valence-electron chi connectivity index (χ2n) is 4.18. The average Bonchev–Trinajstić information content (AvgIpc) is 2.90.